The minimum absolute atomic E-state index is 0.0666. The van der Waals surface area contributed by atoms with Gasteiger partial charge in [-0.1, -0.05) is 98.8 Å². The molecule has 3 amide bonds. The molecule has 0 bridgehead atoms. The van der Waals surface area contributed by atoms with E-state index in [2.05, 4.69) is 5.32 Å². The molecular formula is C37H43N3O7. The fourth-order valence-electron chi connectivity index (χ4n) is 7.58. The van der Waals surface area contributed by atoms with Crippen molar-refractivity contribution in [1.29, 1.82) is 0 Å². The molecule has 248 valence electrons. The molecule has 10 heteroatoms. The second kappa shape index (κ2) is 13.8. The summed E-state index contributed by atoms with van der Waals surface area (Å²) in [4.78, 5) is 59.6. The second-order valence-corrected chi connectivity index (χ2v) is 13.3. The molecule has 10 nitrogen and oxygen atoms in total. The van der Waals surface area contributed by atoms with Gasteiger partial charge in [-0.3, -0.25) is 19.2 Å². The standard InChI is InChI=1S/C37H43N3O7/c1-24(2)20-27(22-41)40-33-36(45)39(21-25-12-5-3-6-13-25)19-11-18-37(33)32(35(40)44)31-29(47-37)16-9-10-17-30(42)46-23-28(38-34(31)43)26-14-7-4-8-15-26/h3-9,11-16,18,24,27-29,31-33,41H,10,17,19-23H2,1-2H3,(H,38,43)/b16-9-/t27-,28+,29-,31+,32+,33-,37+/m1/s1. The molecule has 4 heterocycles. The molecule has 2 saturated heterocycles. The Hall–Kier alpha value is -4.28. The number of carbonyl (C=O) groups is 4. The van der Waals surface area contributed by atoms with Crippen molar-refractivity contribution < 1.29 is 33.8 Å². The Kier molecular flexibility index (Phi) is 9.61. The van der Waals surface area contributed by atoms with Crippen LogP contribution in [0, 0.1) is 17.8 Å². The zero-order valence-electron chi connectivity index (χ0n) is 26.9. The topological polar surface area (TPSA) is 125 Å². The van der Waals surface area contributed by atoms with Gasteiger partial charge in [0.25, 0.3) is 0 Å². The molecule has 0 saturated carbocycles. The van der Waals surface area contributed by atoms with E-state index < -0.39 is 47.6 Å². The van der Waals surface area contributed by atoms with Crippen molar-refractivity contribution in [3.63, 3.8) is 0 Å². The van der Waals surface area contributed by atoms with Crippen LogP contribution in [0.25, 0.3) is 0 Å². The van der Waals surface area contributed by atoms with Crippen LogP contribution in [0.3, 0.4) is 0 Å². The Morgan fingerprint density at radius 1 is 0.979 bits per heavy atom. The van der Waals surface area contributed by atoms with Crippen molar-refractivity contribution in [2.24, 2.45) is 17.8 Å². The van der Waals surface area contributed by atoms with Crippen molar-refractivity contribution >= 4 is 23.7 Å². The third-order valence-electron chi connectivity index (χ3n) is 9.65. The van der Waals surface area contributed by atoms with E-state index in [-0.39, 0.29) is 43.3 Å². The normalized spacial score (nSPS) is 30.8. The van der Waals surface area contributed by atoms with Gasteiger partial charge in [-0.15, -0.1) is 0 Å². The summed E-state index contributed by atoms with van der Waals surface area (Å²) in [5.74, 6) is -3.38. The van der Waals surface area contributed by atoms with E-state index in [1.807, 2.05) is 80.6 Å². The van der Waals surface area contributed by atoms with Crippen molar-refractivity contribution in [1.82, 2.24) is 15.1 Å². The average molecular weight is 642 g/mol. The van der Waals surface area contributed by atoms with Crippen LogP contribution in [0.1, 0.15) is 50.3 Å². The third-order valence-corrected chi connectivity index (χ3v) is 9.65. The number of esters is 1. The SMILES string of the molecule is CC(C)C[C@H](CO)N1C(=O)[C@@H]2[C@H]3C(=O)N[C@H](c4ccccc4)COC(=O)CC/C=C\[C@H]3O[C@@]23C=CCN(Cc2ccccc2)C(=O)[C@@H]13. The molecule has 47 heavy (non-hydrogen) atoms. The summed E-state index contributed by atoms with van der Waals surface area (Å²) in [6.07, 6.45) is 7.32. The zero-order chi connectivity index (χ0) is 33.1. The van der Waals surface area contributed by atoms with E-state index in [1.54, 1.807) is 23.1 Å². The van der Waals surface area contributed by atoms with Crippen molar-refractivity contribution in [2.75, 3.05) is 19.8 Å². The number of amides is 3. The molecule has 4 aliphatic rings. The third kappa shape index (κ3) is 6.36. The average Bonchev–Trinajstić information content (AvgIpc) is 3.46. The number of aliphatic hydroxyl groups is 1. The number of allylic oxidation sites excluding steroid dienone is 1. The number of nitrogens with one attached hydrogen (secondary N) is 1. The molecule has 0 unspecified atom stereocenters. The summed E-state index contributed by atoms with van der Waals surface area (Å²) in [5, 5.41) is 13.7. The van der Waals surface area contributed by atoms with Crippen molar-refractivity contribution in [2.45, 2.75) is 69.5 Å². The van der Waals surface area contributed by atoms with Crippen molar-refractivity contribution in [3.05, 3.63) is 96.1 Å². The number of rotatable bonds is 7. The van der Waals surface area contributed by atoms with Crippen LogP contribution in [0.15, 0.2) is 85.0 Å². The van der Waals surface area contributed by atoms with E-state index in [0.29, 0.717) is 25.9 Å². The molecule has 6 rings (SSSR count). The van der Waals surface area contributed by atoms with Gasteiger partial charge in [0.2, 0.25) is 17.7 Å². The van der Waals surface area contributed by atoms with E-state index in [0.717, 1.165) is 11.1 Å². The quantitative estimate of drug-likeness (QED) is 0.351. The molecule has 2 fully saturated rings. The van der Waals surface area contributed by atoms with Crippen LogP contribution >= 0.6 is 0 Å². The highest BCUT2D eigenvalue weighted by Crippen LogP contribution is 2.53. The molecular weight excluding hydrogens is 598 g/mol. The first kappa shape index (κ1) is 32.7. The maximum atomic E-state index is 14.8. The van der Waals surface area contributed by atoms with Crippen LogP contribution in [-0.4, -0.2) is 82.1 Å². The van der Waals surface area contributed by atoms with Crippen LogP contribution in [-0.2, 0) is 35.2 Å². The molecule has 1 spiro atoms. The van der Waals surface area contributed by atoms with E-state index in [4.69, 9.17) is 9.47 Å². The van der Waals surface area contributed by atoms with Gasteiger partial charge in [-0.05, 0) is 29.9 Å². The summed E-state index contributed by atoms with van der Waals surface area (Å²) in [5.41, 5.74) is 0.246. The summed E-state index contributed by atoms with van der Waals surface area (Å²) < 4.78 is 12.4. The predicted octanol–water partition coefficient (Wildman–Crippen LogP) is 3.32. The van der Waals surface area contributed by atoms with Crippen molar-refractivity contribution in [3.8, 4) is 0 Å². The Labute approximate surface area is 275 Å². The van der Waals surface area contributed by atoms with E-state index >= 15 is 0 Å². The number of carbonyl (C=O) groups excluding carboxylic acids is 4. The monoisotopic (exact) mass is 641 g/mol. The fraction of sp³-hybridized carbons (Fsp3) is 0.459. The van der Waals surface area contributed by atoms with Gasteiger partial charge in [0.05, 0.1) is 36.6 Å². The van der Waals surface area contributed by atoms with E-state index in [1.165, 1.54) is 4.90 Å². The summed E-state index contributed by atoms with van der Waals surface area (Å²) in [7, 11) is 0. The largest absolute Gasteiger partial charge is 0.463 e. The highest BCUT2D eigenvalue weighted by molar-refractivity contribution is 6.00. The highest BCUT2D eigenvalue weighted by Gasteiger charge is 2.72. The lowest BCUT2D eigenvalue weighted by Gasteiger charge is -2.39. The first-order chi connectivity index (χ1) is 22.7. The number of hydrogen-bond acceptors (Lipinski definition) is 7. The minimum atomic E-state index is -1.45. The van der Waals surface area contributed by atoms with Gasteiger partial charge in [-0.2, -0.15) is 0 Å². The molecule has 2 aromatic rings. The number of fused-ring (bicyclic) bond motifs is 2. The lowest BCUT2D eigenvalue weighted by Crippen LogP contribution is -2.58. The van der Waals surface area contributed by atoms with Gasteiger partial charge < -0.3 is 29.7 Å². The number of ether oxygens (including phenoxy) is 2. The maximum Gasteiger partial charge on any atom is 0.306 e. The summed E-state index contributed by atoms with van der Waals surface area (Å²) in [6, 6.07) is 16.5. The lowest BCUT2D eigenvalue weighted by atomic mass is 9.77. The number of nitrogens with zero attached hydrogens (tertiary/aromatic N) is 2. The number of benzene rings is 2. The Morgan fingerprint density at radius 3 is 2.40 bits per heavy atom. The Morgan fingerprint density at radius 2 is 1.70 bits per heavy atom. The van der Waals surface area contributed by atoms with Crippen LogP contribution in [0.2, 0.25) is 0 Å². The van der Waals surface area contributed by atoms with Gasteiger partial charge in [-0.25, -0.2) is 0 Å². The minimum Gasteiger partial charge on any atom is -0.463 e. The van der Waals surface area contributed by atoms with Gasteiger partial charge in [0.1, 0.15) is 18.2 Å². The number of hydrogen-bond donors (Lipinski definition) is 2. The maximum absolute atomic E-state index is 14.8. The molecule has 0 radical (unpaired) electrons. The molecule has 2 N–H and O–H groups in total. The summed E-state index contributed by atoms with van der Waals surface area (Å²) in [6.45, 7) is 4.24. The van der Waals surface area contributed by atoms with E-state index in [9.17, 15) is 24.3 Å². The molecule has 0 aliphatic carbocycles. The smallest absolute Gasteiger partial charge is 0.306 e. The van der Waals surface area contributed by atoms with Crippen LogP contribution in [0.5, 0.6) is 0 Å². The van der Waals surface area contributed by atoms with Crippen LogP contribution < -0.4 is 5.32 Å². The highest BCUT2D eigenvalue weighted by atomic mass is 16.5. The predicted molar refractivity (Wildman–Crippen MR) is 173 cm³/mol. The zero-order valence-corrected chi connectivity index (χ0v) is 26.9. The fourth-order valence-corrected chi connectivity index (χ4v) is 7.58. The molecule has 7 atom stereocenters. The molecule has 2 aromatic carbocycles. The molecule has 0 aromatic heterocycles. The van der Waals surface area contributed by atoms with Crippen LogP contribution in [0.4, 0.5) is 0 Å². The second-order valence-electron chi connectivity index (χ2n) is 13.3. The Bertz CT molecular complexity index is 1530. The van der Waals surface area contributed by atoms with Gasteiger partial charge in [0, 0.05) is 19.5 Å². The number of likely N-dealkylation sites (tertiary alicyclic amines) is 1. The molecule has 4 aliphatic heterocycles. The number of aliphatic hydroxyl groups excluding tert-OH is 1. The lowest BCUT2D eigenvalue weighted by molar-refractivity contribution is -0.151. The summed E-state index contributed by atoms with van der Waals surface area (Å²) >= 11 is 0. The van der Waals surface area contributed by atoms with Gasteiger partial charge >= 0.3 is 5.97 Å². The first-order valence-electron chi connectivity index (χ1n) is 16.5. The first-order valence-corrected chi connectivity index (χ1v) is 16.5. The number of cyclic esters (lactones) is 1. The Balaban J connectivity index is 1.43. The van der Waals surface area contributed by atoms with Gasteiger partial charge in [0.15, 0.2) is 0 Å².